The molecule has 0 aliphatic rings. The van der Waals surface area contributed by atoms with Crippen molar-refractivity contribution in [2.24, 2.45) is 0 Å². The Morgan fingerprint density at radius 3 is 1.09 bits per heavy atom. The lowest BCUT2D eigenvalue weighted by Crippen LogP contribution is -2.17. The Balaban J connectivity index is 2.24. The second-order valence-electron chi connectivity index (χ2n) is 16.7. The van der Waals surface area contributed by atoms with E-state index in [0.29, 0.717) is 0 Å². The molecular formula is C40H53NS2. The smallest absolute Gasteiger partial charge is 0.166 e. The standard InChI is InChI=1S/C40H53NS2/c1-24-16-33(27-18-29(37(4,5)6)22-30(19-27)38(7,8)9)35(41-25(2)26(3)43-36(41)42)34(17-24)28-20-31(39(10,11)12)23-32(21-28)40(13,14)15/h16-23H,1-15H3. The molecule has 1 nitrogen and oxygen atoms in total. The van der Waals surface area contributed by atoms with E-state index in [-0.39, 0.29) is 21.7 Å². The van der Waals surface area contributed by atoms with Gasteiger partial charge in [-0.2, -0.15) is 0 Å². The molecule has 0 saturated heterocycles. The number of benzene rings is 3. The third kappa shape index (κ3) is 6.94. The van der Waals surface area contributed by atoms with Crippen molar-refractivity contribution in [1.82, 2.24) is 4.57 Å². The molecule has 4 rings (SSSR count). The lowest BCUT2D eigenvalue weighted by Gasteiger charge is -2.28. The summed E-state index contributed by atoms with van der Waals surface area (Å²) in [7, 11) is 0. The minimum atomic E-state index is 0.0245. The van der Waals surface area contributed by atoms with E-state index in [1.165, 1.54) is 66.3 Å². The van der Waals surface area contributed by atoms with Gasteiger partial charge in [-0.25, -0.2) is 0 Å². The van der Waals surface area contributed by atoms with Crippen LogP contribution in [0, 0.1) is 24.7 Å². The summed E-state index contributed by atoms with van der Waals surface area (Å²) in [6, 6.07) is 19.2. The highest BCUT2D eigenvalue weighted by atomic mass is 32.1. The number of hydrogen-bond donors (Lipinski definition) is 0. The van der Waals surface area contributed by atoms with Crippen LogP contribution in [0.5, 0.6) is 0 Å². The van der Waals surface area contributed by atoms with Crippen LogP contribution in [0.2, 0.25) is 0 Å². The highest BCUT2D eigenvalue weighted by Gasteiger charge is 2.26. The number of hydrogen-bond acceptors (Lipinski definition) is 2. The molecule has 0 N–H and O–H groups in total. The monoisotopic (exact) mass is 611 g/mol. The molecule has 1 heterocycles. The molecule has 0 unspecified atom stereocenters. The molecule has 3 heteroatoms. The first-order valence-corrected chi connectivity index (χ1v) is 16.9. The first-order chi connectivity index (χ1) is 19.5. The van der Waals surface area contributed by atoms with Gasteiger partial charge >= 0.3 is 0 Å². The van der Waals surface area contributed by atoms with Gasteiger partial charge in [0, 0.05) is 21.7 Å². The van der Waals surface area contributed by atoms with Gasteiger partial charge in [0.15, 0.2) is 3.95 Å². The molecule has 0 spiro atoms. The Bertz CT molecular complexity index is 1570. The van der Waals surface area contributed by atoms with Crippen molar-refractivity contribution >= 4 is 23.6 Å². The van der Waals surface area contributed by atoms with E-state index in [1.54, 1.807) is 11.3 Å². The maximum Gasteiger partial charge on any atom is 0.166 e. The van der Waals surface area contributed by atoms with Crippen molar-refractivity contribution in [3.8, 4) is 27.9 Å². The van der Waals surface area contributed by atoms with E-state index in [1.807, 2.05) is 0 Å². The van der Waals surface area contributed by atoms with E-state index in [4.69, 9.17) is 12.2 Å². The summed E-state index contributed by atoms with van der Waals surface area (Å²) < 4.78 is 3.24. The Labute approximate surface area is 271 Å². The van der Waals surface area contributed by atoms with E-state index in [0.717, 1.165) is 3.95 Å². The fourth-order valence-corrected chi connectivity index (χ4v) is 6.99. The van der Waals surface area contributed by atoms with E-state index in [2.05, 4.69) is 157 Å². The molecule has 0 aliphatic carbocycles. The summed E-state index contributed by atoms with van der Waals surface area (Å²) in [6.45, 7) is 34.4. The van der Waals surface area contributed by atoms with E-state index < -0.39 is 0 Å². The van der Waals surface area contributed by atoms with Crippen LogP contribution in [0.1, 0.15) is 121 Å². The first kappa shape index (κ1) is 33.4. The topological polar surface area (TPSA) is 4.93 Å². The van der Waals surface area contributed by atoms with Crippen molar-refractivity contribution in [2.75, 3.05) is 0 Å². The Morgan fingerprint density at radius 1 is 0.512 bits per heavy atom. The van der Waals surface area contributed by atoms with Crippen LogP contribution in [0.15, 0.2) is 48.5 Å². The Kier molecular flexibility index (Phi) is 8.66. The molecular weight excluding hydrogens is 559 g/mol. The van der Waals surface area contributed by atoms with Crippen LogP contribution >= 0.6 is 23.6 Å². The van der Waals surface area contributed by atoms with Crippen molar-refractivity contribution < 1.29 is 0 Å². The highest BCUT2D eigenvalue weighted by molar-refractivity contribution is 7.73. The summed E-state index contributed by atoms with van der Waals surface area (Å²) in [5.41, 5.74) is 14.2. The zero-order valence-corrected chi connectivity index (χ0v) is 31.0. The predicted molar refractivity (Wildman–Crippen MR) is 194 cm³/mol. The van der Waals surface area contributed by atoms with Crippen molar-refractivity contribution in [1.29, 1.82) is 0 Å². The fraction of sp³-hybridized carbons (Fsp3) is 0.475. The van der Waals surface area contributed by atoms with Gasteiger partial charge in [-0.15, -0.1) is 11.3 Å². The quantitative estimate of drug-likeness (QED) is 0.209. The van der Waals surface area contributed by atoms with Crippen molar-refractivity contribution in [2.45, 2.75) is 126 Å². The highest BCUT2D eigenvalue weighted by Crippen LogP contribution is 2.43. The third-order valence-electron chi connectivity index (χ3n) is 8.70. The average Bonchev–Trinajstić information content (AvgIpc) is 3.11. The molecule has 0 saturated carbocycles. The molecule has 0 aliphatic heterocycles. The van der Waals surface area contributed by atoms with Gasteiger partial charge in [0.25, 0.3) is 0 Å². The second-order valence-corrected chi connectivity index (χ2v) is 18.5. The zero-order valence-electron chi connectivity index (χ0n) is 29.4. The normalized spacial score (nSPS) is 13.1. The van der Waals surface area contributed by atoms with Crippen LogP contribution in [0.4, 0.5) is 0 Å². The second kappa shape index (κ2) is 11.1. The molecule has 43 heavy (non-hydrogen) atoms. The van der Waals surface area contributed by atoms with Gasteiger partial charge in [-0.3, -0.25) is 4.57 Å². The van der Waals surface area contributed by atoms with Crippen LogP contribution < -0.4 is 0 Å². The Hall–Kier alpha value is -2.49. The molecule has 3 aromatic carbocycles. The van der Waals surface area contributed by atoms with Gasteiger partial charge in [0.2, 0.25) is 0 Å². The number of aryl methyl sites for hydroxylation is 2. The number of aromatic nitrogens is 1. The van der Waals surface area contributed by atoms with Gasteiger partial charge in [-0.1, -0.05) is 119 Å². The molecule has 0 radical (unpaired) electrons. The van der Waals surface area contributed by atoms with Crippen LogP contribution in [0.25, 0.3) is 27.9 Å². The van der Waals surface area contributed by atoms with Crippen molar-refractivity contribution in [3.05, 3.63) is 90.9 Å². The van der Waals surface area contributed by atoms with Gasteiger partial charge in [-0.05, 0) is 106 Å². The average molecular weight is 612 g/mol. The molecule has 230 valence electrons. The summed E-state index contributed by atoms with van der Waals surface area (Å²) in [6.07, 6.45) is 0. The van der Waals surface area contributed by atoms with Crippen LogP contribution in [-0.2, 0) is 21.7 Å². The summed E-state index contributed by atoms with van der Waals surface area (Å²) in [5.74, 6) is 0. The molecule has 0 bridgehead atoms. The molecule has 0 amide bonds. The zero-order chi connectivity index (χ0) is 32.4. The largest absolute Gasteiger partial charge is 0.295 e. The summed E-state index contributed by atoms with van der Waals surface area (Å²) in [5, 5.41) is 0. The number of rotatable bonds is 3. The first-order valence-electron chi connectivity index (χ1n) is 15.7. The van der Waals surface area contributed by atoms with E-state index in [9.17, 15) is 0 Å². The summed E-state index contributed by atoms with van der Waals surface area (Å²) in [4.78, 5) is 1.26. The third-order valence-corrected chi connectivity index (χ3v) is 10.1. The molecule has 1 aromatic heterocycles. The maximum absolute atomic E-state index is 6.12. The summed E-state index contributed by atoms with van der Waals surface area (Å²) >= 11 is 7.83. The lowest BCUT2D eigenvalue weighted by atomic mass is 9.77. The van der Waals surface area contributed by atoms with Gasteiger partial charge in [0.05, 0.1) is 5.69 Å². The Morgan fingerprint density at radius 2 is 0.837 bits per heavy atom. The molecule has 0 fully saturated rings. The molecule has 0 atom stereocenters. The molecule has 4 aromatic rings. The SMILES string of the molecule is Cc1cc(-c2cc(C(C)(C)C)cc(C(C)(C)C)c2)c(-n2c(C)c(C)sc2=S)c(-c2cc(C(C)(C)C)cc(C(C)(C)C)c2)c1. The minimum absolute atomic E-state index is 0.0245. The van der Waals surface area contributed by atoms with Crippen molar-refractivity contribution in [3.63, 3.8) is 0 Å². The van der Waals surface area contributed by atoms with Gasteiger partial charge < -0.3 is 0 Å². The van der Waals surface area contributed by atoms with Crippen LogP contribution in [-0.4, -0.2) is 4.57 Å². The van der Waals surface area contributed by atoms with Crippen LogP contribution in [0.3, 0.4) is 0 Å². The van der Waals surface area contributed by atoms with Gasteiger partial charge in [0.1, 0.15) is 0 Å². The minimum Gasteiger partial charge on any atom is -0.295 e. The maximum atomic E-state index is 6.12. The number of thiazole rings is 1. The fourth-order valence-electron chi connectivity index (χ4n) is 5.56. The number of nitrogens with zero attached hydrogens (tertiary/aromatic N) is 1. The van der Waals surface area contributed by atoms with E-state index >= 15 is 0 Å². The predicted octanol–water partition coefficient (Wildman–Crippen LogP) is 12.7. The lowest BCUT2D eigenvalue weighted by molar-refractivity contribution is 0.568.